The molecule has 140 valence electrons. The molecule has 2 N–H and O–H groups in total. The summed E-state index contributed by atoms with van der Waals surface area (Å²) in [6.45, 7) is 7.80. The second kappa shape index (κ2) is 9.78. The Morgan fingerprint density at radius 3 is 2.76 bits per heavy atom. The van der Waals surface area contributed by atoms with Gasteiger partial charge in [-0.2, -0.15) is 0 Å². The summed E-state index contributed by atoms with van der Waals surface area (Å²) in [6, 6.07) is 5.93. The third-order valence-corrected chi connectivity index (χ3v) is 4.90. The number of anilines is 1. The van der Waals surface area contributed by atoms with Gasteiger partial charge in [0.05, 0.1) is 5.69 Å². The first kappa shape index (κ1) is 19.7. The van der Waals surface area contributed by atoms with Crippen LogP contribution in [0.1, 0.15) is 31.7 Å². The van der Waals surface area contributed by atoms with Gasteiger partial charge >= 0.3 is 0 Å². The summed E-state index contributed by atoms with van der Waals surface area (Å²) in [5, 5.41) is 6.44. The fourth-order valence-corrected chi connectivity index (χ4v) is 3.26. The summed E-state index contributed by atoms with van der Waals surface area (Å²) >= 11 is 0. The summed E-state index contributed by atoms with van der Waals surface area (Å²) in [4.78, 5) is 14.6. The average Bonchev–Trinajstić information content (AvgIpc) is 2.57. The highest BCUT2D eigenvalue weighted by molar-refractivity contribution is 5.92. The van der Waals surface area contributed by atoms with E-state index in [0.717, 1.165) is 49.5 Å². The maximum atomic E-state index is 12.5. The molecule has 1 atom stereocenters. The van der Waals surface area contributed by atoms with E-state index in [-0.39, 0.29) is 5.91 Å². The second-order valence-electron chi connectivity index (χ2n) is 7.47. The van der Waals surface area contributed by atoms with Crippen molar-refractivity contribution in [3.8, 4) is 5.75 Å². The van der Waals surface area contributed by atoms with E-state index < -0.39 is 0 Å². The van der Waals surface area contributed by atoms with Crippen LogP contribution in [0.3, 0.4) is 0 Å². The highest BCUT2D eigenvalue weighted by atomic mass is 16.5. The number of nitrogens with one attached hydrogen (secondary N) is 2. The van der Waals surface area contributed by atoms with Gasteiger partial charge in [0.15, 0.2) is 0 Å². The summed E-state index contributed by atoms with van der Waals surface area (Å²) in [6.07, 6.45) is 2.89. The number of nitrogens with zero attached hydrogens (tertiary/aromatic N) is 1. The summed E-state index contributed by atoms with van der Waals surface area (Å²) < 4.78 is 5.89. The molecule has 2 rings (SSSR count). The normalized spacial score (nSPS) is 16.7. The van der Waals surface area contributed by atoms with Gasteiger partial charge in [0.1, 0.15) is 12.4 Å². The van der Waals surface area contributed by atoms with Crippen LogP contribution in [0.25, 0.3) is 0 Å². The van der Waals surface area contributed by atoms with Gasteiger partial charge < -0.3 is 20.3 Å². The molecule has 1 amide bonds. The number of carbonyl (C=O) groups is 1. The fraction of sp³-hybridized carbons (Fsp3) is 0.650. The van der Waals surface area contributed by atoms with Gasteiger partial charge in [-0.3, -0.25) is 4.79 Å². The zero-order chi connectivity index (χ0) is 18.2. The van der Waals surface area contributed by atoms with Crippen molar-refractivity contribution >= 4 is 11.6 Å². The van der Waals surface area contributed by atoms with Gasteiger partial charge in [0.2, 0.25) is 5.91 Å². The van der Waals surface area contributed by atoms with Gasteiger partial charge in [0, 0.05) is 13.0 Å². The van der Waals surface area contributed by atoms with Gasteiger partial charge in [-0.1, -0.05) is 13.0 Å². The quantitative estimate of drug-likeness (QED) is 0.759. The van der Waals surface area contributed by atoms with Crippen LogP contribution in [0.4, 0.5) is 5.69 Å². The van der Waals surface area contributed by atoms with E-state index in [0.29, 0.717) is 24.9 Å². The summed E-state index contributed by atoms with van der Waals surface area (Å²) in [7, 11) is 4.04. The number of ether oxygens (including phenoxy) is 1. The lowest BCUT2D eigenvalue weighted by Gasteiger charge is -2.28. The lowest BCUT2D eigenvalue weighted by molar-refractivity contribution is -0.117. The van der Waals surface area contributed by atoms with Crippen molar-refractivity contribution in [1.82, 2.24) is 10.2 Å². The monoisotopic (exact) mass is 347 g/mol. The number of carbonyl (C=O) groups excluding carboxylic acids is 1. The maximum absolute atomic E-state index is 12.5. The first-order chi connectivity index (χ1) is 12.0. The maximum Gasteiger partial charge on any atom is 0.224 e. The van der Waals surface area contributed by atoms with E-state index in [1.807, 2.05) is 39.2 Å². The molecular weight excluding hydrogens is 314 g/mol. The molecule has 25 heavy (non-hydrogen) atoms. The summed E-state index contributed by atoms with van der Waals surface area (Å²) in [5.74, 6) is 1.88. The number of likely N-dealkylation sites (N-methyl/N-ethyl adjacent to an activating group) is 1. The lowest BCUT2D eigenvalue weighted by atomic mass is 9.84. The van der Waals surface area contributed by atoms with Gasteiger partial charge in [-0.15, -0.1) is 0 Å². The molecule has 1 aliphatic heterocycles. The molecule has 0 saturated carbocycles. The van der Waals surface area contributed by atoms with Crippen molar-refractivity contribution in [3.05, 3.63) is 23.8 Å². The molecule has 0 radical (unpaired) electrons. The van der Waals surface area contributed by atoms with E-state index >= 15 is 0 Å². The van der Waals surface area contributed by atoms with Crippen LogP contribution < -0.4 is 15.4 Å². The lowest BCUT2D eigenvalue weighted by Crippen LogP contribution is -2.32. The van der Waals surface area contributed by atoms with Crippen LogP contribution in [-0.2, 0) is 4.79 Å². The molecule has 5 heteroatoms. The molecule has 0 aliphatic carbocycles. The van der Waals surface area contributed by atoms with Crippen LogP contribution in [0.2, 0.25) is 0 Å². The van der Waals surface area contributed by atoms with Crippen molar-refractivity contribution in [2.75, 3.05) is 45.7 Å². The minimum absolute atomic E-state index is 0.0762. The Morgan fingerprint density at radius 2 is 2.08 bits per heavy atom. The zero-order valence-corrected chi connectivity index (χ0v) is 16.1. The van der Waals surface area contributed by atoms with Crippen LogP contribution in [-0.4, -0.2) is 51.1 Å². The molecule has 1 aromatic carbocycles. The van der Waals surface area contributed by atoms with E-state index in [4.69, 9.17) is 4.74 Å². The van der Waals surface area contributed by atoms with Crippen molar-refractivity contribution in [3.63, 3.8) is 0 Å². The molecule has 1 heterocycles. The topological polar surface area (TPSA) is 53.6 Å². The molecule has 1 unspecified atom stereocenters. The number of benzene rings is 1. The third kappa shape index (κ3) is 6.67. The smallest absolute Gasteiger partial charge is 0.224 e. The first-order valence-electron chi connectivity index (χ1n) is 9.34. The molecule has 0 bridgehead atoms. The third-order valence-electron chi connectivity index (χ3n) is 4.90. The van der Waals surface area contributed by atoms with Crippen LogP contribution in [0, 0.1) is 18.8 Å². The largest absolute Gasteiger partial charge is 0.490 e. The first-order valence-corrected chi connectivity index (χ1v) is 9.34. The fourth-order valence-electron chi connectivity index (χ4n) is 3.26. The van der Waals surface area contributed by atoms with Gasteiger partial charge in [-0.05, 0) is 76.5 Å². The van der Waals surface area contributed by atoms with E-state index in [1.165, 1.54) is 0 Å². The summed E-state index contributed by atoms with van der Waals surface area (Å²) in [5.41, 5.74) is 1.90. The molecule has 0 aromatic heterocycles. The van der Waals surface area contributed by atoms with E-state index in [2.05, 4.69) is 22.5 Å². The average molecular weight is 348 g/mol. The minimum atomic E-state index is 0.0762. The number of aryl methyl sites for hydroxylation is 1. The SMILES string of the molecule is Cc1ccc(NC(=O)CC(C)C2CCNCC2)c(OCCN(C)C)c1. The van der Waals surface area contributed by atoms with Crippen LogP contribution in [0.15, 0.2) is 18.2 Å². The van der Waals surface area contributed by atoms with Crippen molar-refractivity contribution in [2.45, 2.75) is 33.1 Å². The Balaban J connectivity index is 1.92. The Kier molecular flexibility index (Phi) is 7.72. The standard InChI is InChI=1S/C20H33N3O2/c1-15-5-6-18(19(13-15)25-12-11-23(3)4)22-20(24)14-16(2)17-7-9-21-10-8-17/h5-6,13,16-17,21H,7-12,14H2,1-4H3,(H,22,24). The van der Waals surface area contributed by atoms with E-state index in [1.54, 1.807) is 0 Å². The molecular formula is C20H33N3O2. The molecule has 1 aliphatic rings. The minimum Gasteiger partial charge on any atom is -0.490 e. The Morgan fingerprint density at radius 1 is 1.36 bits per heavy atom. The van der Waals surface area contributed by atoms with Crippen molar-refractivity contribution in [1.29, 1.82) is 0 Å². The number of rotatable bonds is 8. The molecule has 1 aromatic rings. The predicted octanol–water partition coefficient (Wildman–Crippen LogP) is 2.90. The Bertz CT molecular complexity index is 554. The number of hydrogen-bond donors (Lipinski definition) is 2. The Labute approximate surface area is 152 Å². The Hall–Kier alpha value is -1.59. The molecule has 1 fully saturated rings. The molecule has 0 spiro atoms. The number of hydrogen-bond acceptors (Lipinski definition) is 4. The highest BCUT2D eigenvalue weighted by Gasteiger charge is 2.22. The van der Waals surface area contributed by atoms with Crippen LogP contribution in [0.5, 0.6) is 5.75 Å². The van der Waals surface area contributed by atoms with Gasteiger partial charge in [0.25, 0.3) is 0 Å². The second-order valence-corrected chi connectivity index (χ2v) is 7.47. The zero-order valence-electron chi connectivity index (χ0n) is 16.1. The molecule has 5 nitrogen and oxygen atoms in total. The van der Waals surface area contributed by atoms with Crippen molar-refractivity contribution in [2.24, 2.45) is 11.8 Å². The number of amides is 1. The van der Waals surface area contributed by atoms with Crippen LogP contribution >= 0.6 is 0 Å². The molecule has 1 saturated heterocycles. The number of piperidine rings is 1. The highest BCUT2D eigenvalue weighted by Crippen LogP contribution is 2.28. The van der Waals surface area contributed by atoms with Crippen molar-refractivity contribution < 1.29 is 9.53 Å². The predicted molar refractivity (Wildman–Crippen MR) is 103 cm³/mol. The van der Waals surface area contributed by atoms with E-state index in [9.17, 15) is 4.79 Å². The van der Waals surface area contributed by atoms with Gasteiger partial charge in [-0.25, -0.2) is 0 Å².